The van der Waals surface area contributed by atoms with Crippen LogP contribution in [0.2, 0.25) is 0 Å². The van der Waals surface area contributed by atoms with Crippen molar-refractivity contribution in [1.29, 1.82) is 5.26 Å². The molecule has 0 aromatic carbocycles. The van der Waals surface area contributed by atoms with Crippen LogP contribution in [0.3, 0.4) is 0 Å². The van der Waals surface area contributed by atoms with Crippen LogP contribution in [0.5, 0.6) is 0 Å². The summed E-state index contributed by atoms with van der Waals surface area (Å²) in [5, 5.41) is 8.41. The minimum atomic E-state index is 0.552. The molecule has 0 saturated heterocycles. The Kier molecular flexibility index (Phi) is 5.12. The molecule has 0 aliphatic carbocycles. The van der Waals surface area contributed by atoms with Gasteiger partial charge in [-0.1, -0.05) is 22.8 Å². The monoisotopic (exact) mass is 163 g/mol. The first-order valence-electron chi connectivity index (χ1n) is 4.23. The smallest absolute Gasteiger partial charge is 0.0666 e. The molecule has 0 aliphatic heterocycles. The summed E-state index contributed by atoms with van der Waals surface area (Å²) in [6.45, 7) is 8.36. The lowest BCUT2D eigenvalue weighted by Crippen LogP contribution is -1.80. The molecule has 0 fully saturated rings. The van der Waals surface area contributed by atoms with Crippen molar-refractivity contribution in [3.63, 3.8) is 0 Å². The van der Waals surface area contributed by atoms with Crippen LogP contribution in [0.1, 0.15) is 40.5 Å². The van der Waals surface area contributed by atoms with Crippen LogP contribution in [0.15, 0.2) is 22.8 Å². The third kappa shape index (κ3) is 4.73. The van der Waals surface area contributed by atoms with Gasteiger partial charge >= 0.3 is 0 Å². The van der Waals surface area contributed by atoms with Crippen LogP contribution >= 0.6 is 0 Å². The summed E-state index contributed by atoms with van der Waals surface area (Å²) in [5.74, 6) is 0. The molecule has 0 aliphatic rings. The Labute approximate surface area is 75.4 Å². The van der Waals surface area contributed by atoms with E-state index in [0.717, 1.165) is 12.0 Å². The van der Waals surface area contributed by atoms with Crippen LogP contribution in [0.4, 0.5) is 0 Å². The molecule has 0 rings (SSSR count). The fourth-order valence-corrected chi connectivity index (χ4v) is 0.728. The molecule has 1 nitrogen and oxygen atoms in total. The third-order valence-electron chi connectivity index (χ3n) is 1.97. The highest BCUT2D eigenvalue weighted by molar-refractivity contribution is 5.14. The Hall–Kier alpha value is -1.03. The van der Waals surface area contributed by atoms with Crippen LogP contribution in [0, 0.1) is 11.3 Å². The van der Waals surface area contributed by atoms with Crippen LogP contribution < -0.4 is 0 Å². The Morgan fingerprint density at radius 1 is 1.25 bits per heavy atom. The zero-order chi connectivity index (χ0) is 9.56. The largest absolute Gasteiger partial charge is 0.198 e. The summed E-state index contributed by atoms with van der Waals surface area (Å²) in [4.78, 5) is 0. The Bertz CT molecular complexity index is 234. The summed E-state index contributed by atoms with van der Waals surface area (Å²) >= 11 is 0. The molecule has 0 spiro atoms. The Morgan fingerprint density at radius 3 is 2.25 bits per heavy atom. The van der Waals surface area contributed by atoms with Gasteiger partial charge < -0.3 is 0 Å². The van der Waals surface area contributed by atoms with E-state index in [1.807, 2.05) is 6.92 Å². The van der Waals surface area contributed by atoms with Crippen molar-refractivity contribution >= 4 is 0 Å². The molecule has 0 unspecified atom stereocenters. The van der Waals surface area contributed by atoms with Crippen molar-refractivity contribution in [2.45, 2.75) is 40.5 Å². The van der Waals surface area contributed by atoms with Crippen molar-refractivity contribution in [1.82, 2.24) is 0 Å². The molecule has 66 valence electrons. The van der Waals surface area contributed by atoms with E-state index in [0.29, 0.717) is 6.42 Å². The molecule has 12 heavy (non-hydrogen) atoms. The van der Waals surface area contributed by atoms with Gasteiger partial charge in [0.15, 0.2) is 0 Å². The highest BCUT2D eigenvalue weighted by Crippen LogP contribution is 2.10. The molecule has 0 aromatic rings. The summed E-state index contributed by atoms with van der Waals surface area (Å²) in [7, 11) is 0. The second-order valence-electron chi connectivity index (χ2n) is 3.37. The van der Waals surface area contributed by atoms with E-state index in [9.17, 15) is 0 Å². The van der Waals surface area contributed by atoms with E-state index in [4.69, 9.17) is 5.26 Å². The number of hydrogen-bond donors (Lipinski definition) is 0. The van der Waals surface area contributed by atoms with Crippen LogP contribution in [0.25, 0.3) is 0 Å². The van der Waals surface area contributed by atoms with Gasteiger partial charge in [0.05, 0.1) is 12.5 Å². The minimum absolute atomic E-state index is 0.552. The molecule has 0 bridgehead atoms. The molecule has 0 radical (unpaired) electrons. The first-order chi connectivity index (χ1) is 5.57. The average molecular weight is 163 g/mol. The maximum absolute atomic E-state index is 8.41. The van der Waals surface area contributed by atoms with Gasteiger partial charge in [-0.3, -0.25) is 0 Å². The van der Waals surface area contributed by atoms with Gasteiger partial charge in [0.2, 0.25) is 0 Å². The lowest BCUT2D eigenvalue weighted by Gasteiger charge is -1.99. The van der Waals surface area contributed by atoms with E-state index in [1.165, 1.54) is 11.1 Å². The van der Waals surface area contributed by atoms with Crippen molar-refractivity contribution in [2.75, 3.05) is 0 Å². The quantitative estimate of drug-likeness (QED) is 0.583. The second kappa shape index (κ2) is 5.60. The Morgan fingerprint density at radius 2 is 1.83 bits per heavy atom. The van der Waals surface area contributed by atoms with E-state index in [1.54, 1.807) is 0 Å². The van der Waals surface area contributed by atoms with Crippen molar-refractivity contribution in [2.24, 2.45) is 0 Å². The normalized spacial score (nSPS) is 10.8. The van der Waals surface area contributed by atoms with Crippen molar-refractivity contribution < 1.29 is 0 Å². The van der Waals surface area contributed by atoms with E-state index in [-0.39, 0.29) is 0 Å². The summed E-state index contributed by atoms with van der Waals surface area (Å²) in [5.41, 5.74) is 3.93. The number of nitrogens with zero attached hydrogens (tertiary/aromatic N) is 1. The number of allylic oxidation sites excluding steroid dienone is 4. The predicted molar refractivity (Wildman–Crippen MR) is 52.7 cm³/mol. The summed E-state index contributed by atoms with van der Waals surface area (Å²) in [6, 6.07) is 2.14. The third-order valence-corrected chi connectivity index (χ3v) is 1.97. The van der Waals surface area contributed by atoms with Crippen LogP contribution in [-0.2, 0) is 0 Å². The highest BCUT2D eigenvalue weighted by Gasteiger charge is 1.91. The molecule has 0 N–H and O–H groups in total. The van der Waals surface area contributed by atoms with E-state index >= 15 is 0 Å². The highest BCUT2D eigenvalue weighted by atomic mass is 14.2. The van der Waals surface area contributed by atoms with Gasteiger partial charge in [-0.15, -0.1) is 0 Å². The molecule has 0 atom stereocenters. The molecule has 0 heterocycles. The predicted octanol–water partition coefficient (Wildman–Crippen LogP) is 3.59. The second-order valence-corrected chi connectivity index (χ2v) is 3.37. The fourth-order valence-electron chi connectivity index (χ4n) is 0.728. The zero-order valence-corrected chi connectivity index (χ0v) is 8.44. The fraction of sp³-hybridized carbons (Fsp3) is 0.545. The number of rotatable bonds is 3. The SMILES string of the molecule is CC(C)=C(C)C/C=C(\C)CC#N. The molecular weight excluding hydrogens is 146 g/mol. The Balaban J connectivity index is 4.07. The maximum Gasteiger partial charge on any atom is 0.0666 e. The molecule has 1 heteroatoms. The molecule has 0 saturated carbocycles. The van der Waals surface area contributed by atoms with Gasteiger partial charge in [0, 0.05) is 0 Å². The minimum Gasteiger partial charge on any atom is -0.198 e. The van der Waals surface area contributed by atoms with Gasteiger partial charge in [0.1, 0.15) is 0 Å². The lowest BCUT2D eigenvalue weighted by atomic mass is 10.1. The van der Waals surface area contributed by atoms with Gasteiger partial charge in [-0.05, 0) is 34.1 Å². The van der Waals surface area contributed by atoms with E-state index < -0.39 is 0 Å². The van der Waals surface area contributed by atoms with Crippen molar-refractivity contribution in [3.8, 4) is 6.07 Å². The number of hydrogen-bond acceptors (Lipinski definition) is 1. The molecular formula is C11H17N. The first-order valence-corrected chi connectivity index (χ1v) is 4.23. The van der Waals surface area contributed by atoms with Gasteiger partial charge in [-0.2, -0.15) is 5.26 Å². The van der Waals surface area contributed by atoms with Crippen LogP contribution in [-0.4, -0.2) is 0 Å². The topological polar surface area (TPSA) is 23.8 Å². The van der Waals surface area contributed by atoms with E-state index in [2.05, 4.69) is 32.9 Å². The zero-order valence-electron chi connectivity index (χ0n) is 8.44. The standard InChI is InChI=1S/C11H17N/c1-9(2)11(4)6-5-10(3)7-8-12/h5H,6-7H2,1-4H3/b10-5+. The maximum atomic E-state index is 8.41. The number of nitriles is 1. The summed E-state index contributed by atoms with van der Waals surface area (Å²) < 4.78 is 0. The summed E-state index contributed by atoms with van der Waals surface area (Å²) in [6.07, 6.45) is 3.66. The van der Waals surface area contributed by atoms with Gasteiger partial charge in [0.25, 0.3) is 0 Å². The average Bonchev–Trinajstić information content (AvgIpc) is 2.00. The lowest BCUT2D eigenvalue weighted by molar-refractivity contribution is 1.09. The molecule has 0 amide bonds. The first kappa shape index (κ1) is 11.0. The van der Waals surface area contributed by atoms with Crippen molar-refractivity contribution in [3.05, 3.63) is 22.8 Å². The van der Waals surface area contributed by atoms with Gasteiger partial charge in [-0.25, -0.2) is 0 Å². The molecule has 0 aromatic heterocycles.